The largest absolute Gasteiger partial charge is 0.497 e. The van der Waals surface area contributed by atoms with Gasteiger partial charge in [0.1, 0.15) is 17.2 Å². The lowest BCUT2D eigenvalue weighted by atomic mass is 10.2. The standard InChI is InChI=1S/C22H17NO3S/c1-25-16-9-7-15(8-10-16)20-14-22(24)23-19-12-11-18(13-21(19)27-20)26-17-5-3-2-4-6-17/h2-14H,1H3,(H,23,24). The minimum atomic E-state index is -0.149. The molecule has 0 saturated heterocycles. The van der Waals surface area contributed by atoms with Gasteiger partial charge in [0, 0.05) is 15.9 Å². The summed E-state index contributed by atoms with van der Waals surface area (Å²) in [7, 11) is 1.63. The second-order valence-corrected chi connectivity index (χ2v) is 6.99. The molecule has 134 valence electrons. The van der Waals surface area contributed by atoms with Crippen LogP contribution in [0.25, 0.3) is 4.91 Å². The Kier molecular flexibility index (Phi) is 4.85. The van der Waals surface area contributed by atoms with Crippen LogP contribution in [0.15, 0.2) is 83.8 Å². The molecular formula is C22H17NO3S. The Morgan fingerprint density at radius 3 is 2.33 bits per heavy atom. The van der Waals surface area contributed by atoms with Crippen LogP contribution in [0.3, 0.4) is 0 Å². The van der Waals surface area contributed by atoms with E-state index in [0.29, 0.717) is 0 Å². The molecule has 0 bridgehead atoms. The lowest BCUT2D eigenvalue weighted by Gasteiger charge is -2.11. The number of hydrogen-bond donors (Lipinski definition) is 1. The number of para-hydroxylation sites is 1. The second-order valence-electron chi connectivity index (χ2n) is 5.90. The van der Waals surface area contributed by atoms with E-state index in [1.807, 2.05) is 72.8 Å². The highest BCUT2D eigenvalue weighted by Gasteiger charge is 2.17. The molecule has 0 atom stereocenters. The van der Waals surface area contributed by atoms with E-state index in [-0.39, 0.29) is 5.91 Å². The fraction of sp³-hybridized carbons (Fsp3) is 0.0455. The van der Waals surface area contributed by atoms with Crippen LogP contribution < -0.4 is 14.8 Å². The van der Waals surface area contributed by atoms with Crippen molar-refractivity contribution >= 4 is 28.3 Å². The summed E-state index contributed by atoms with van der Waals surface area (Å²) in [6.45, 7) is 0. The van der Waals surface area contributed by atoms with Crippen LogP contribution in [0.5, 0.6) is 17.2 Å². The van der Waals surface area contributed by atoms with Gasteiger partial charge >= 0.3 is 0 Å². The molecule has 5 heteroatoms. The van der Waals surface area contributed by atoms with Crippen molar-refractivity contribution in [2.24, 2.45) is 0 Å². The maximum Gasteiger partial charge on any atom is 0.249 e. The minimum absolute atomic E-state index is 0.149. The average Bonchev–Trinajstić information content (AvgIpc) is 2.86. The molecule has 0 radical (unpaired) electrons. The Hall–Kier alpha value is -3.18. The first kappa shape index (κ1) is 17.2. The Labute approximate surface area is 161 Å². The molecule has 0 aliphatic carbocycles. The highest BCUT2D eigenvalue weighted by atomic mass is 32.2. The Bertz CT molecular complexity index is 998. The van der Waals surface area contributed by atoms with Gasteiger partial charge in [0.2, 0.25) is 5.91 Å². The van der Waals surface area contributed by atoms with Crippen molar-refractivity contribution < 1.29 is 14.3 Å². The molecule has 1 heterocycles. The van der Waals surface area contributed by atoms with Gasteiger partial charge in [-0.15, -0.1) is 0 Å². The van der Waals surface area contributed by atoms with E-state index < -0.39 is 0 Å². The van der Waals surface area contributed by atoms with Gasteiger partial charge < -0.3 is 14.8 Å². The molecule has 27 heavy (non-hydrogen) atoms. The fourth-order valence-corrected chi connectivity index (χ4v) is 3.77. The second kappa shape index (κ2) is 7.60. The van der Waals surface area contributed by atoms with Crippen molar-refractivity contribution in [3.8, 4) is 17.2 Å². The van der Waals surface area contributed by atoms with E-state index in [1.54, 1.807) is 13.2 Å². The molecule has 1 N–H and O–H groups in total. The molecule has 4 rings (SSSR count). The predicted molar refractivity (Wildman–Crippen MR) is 108 cm³/mol. The van der Waals surface area contributed by atoms with Gasteiger partial charge in [-0.25, -0.2) is 0 Å². The molecule has 1 aliphatic heterocycles. The highest BCUT2D eigenvalue weighted by molar-refractivity contribution is 8.08. The fourth-order valence-electron chi connectivity index (χ4n) is 2.71. The molecule has 0 fully saturated rings. The Balaban J connectivity index is 1.64. The smallest absolute Gasteiger partial charge is 0.249 e. The molecule has 0 spiro atoms. The number of rotatable bonds is 4. The van der Waals surface area contributed by atoms with Gasteiger partial charge in [-0.1, -0.05) is 42.1 Å². The number of amides is 1. The molecule has 4 nitrogen and oxygen atoms in total. The monoisotopic (exact) mass is 375 g/mol. The predicted octanol–water partition coefficient (Wildman–Crippen LogP) is 5.57. The molecule has 1 amide bonds. The van der Waals surface area contributed by atoms with Crippen molar-refractivity contribution in [3.63, 3.8) is 0 Å². The van der Waals surface area contributed by atoms with Gasteiger partial charge in [-0.2, -0.15) is 0 Å². The Morgan fingerprint density at radius 2 is 1.59 bits per heavy atom. The third-order valence-corrected chi connectivity index (χ3v) is 5.18. The number of ether oxygens (including phenoxy) is 2. The number of nitrogens with one attached hydrogen (secondary N) is 1. The van der Waals surface area contributed by atoms with E-state index in [2.05, 4.69) is 5.32 Å². The van der Waals surface area contributed by atoms with Crippen LogP contribution in [-0.2, 0) is 4.79 Å². The first-order valence-corrected chi connectivity index (χ1v) is 9.25. The number of methoxy groups -OCH3 is 1. The number of hydrogen-bond acceptors (Lipinski definition) is 4. The van der Waals surface area contributed by atoms with E-state index >= 15 is 0 Å². The molecule has 0 unspecified atom stereocenters. The van der Waals surface area contributed by atoms with Crippen LogP contribution in [0.2, 0.25) is 0 Å². The summed E-state index contributed by atoms with van der Waals surface area (Å²) in [6, 6.07) is 22.9. The third kappa shape index (κ3) is 3.99. The SMILES string of the molecule is COc1ccc(C2=CC(=O)Nc3ccc(Oc4ccccc4)cc3S2)cc1. The van der Waals surface area contributed by atoms with Gasteiger partial charge in [0.25, 0.3) is 0 Å². The van der Waals surface area contributed by atoms with Crippen LogP contribution in [0, 0.1) is 0 Å². The summed E-state index contributed by atoms with van der Waals surface area (Å²) < 4.78 is 11.1. The number of thioether (sulfide) groups is 1. The van der Waals surface area contributed by atoms with Crippen molar-refractivity contribution in [1.29, 1.82) is 0 Å². The van der Waals surface area contributed by atoms with E-state index in [1.165, 1.54) is 11.8 Å². The lowest BCUT2D eigenvalue weighted by molar-refractivity contribution is -0.111. The number of fused-ring (bicyclic) bond motifs is 1. The first-order valence-electron chi connectivity index (χ1n) is 8.43. The topological polar surface area (TPSA) is 47.6 Å². The summed E-state index contributed by atoms with van der Waals surface area (Å²) in [4.78, 5) is 14.1. The van der Waals surface area contributed by atoms with E-state index in [9.17, 15) is 4.79 Å². The number of benzene rings is 3. The van der Waals surface area contributed by atoms with Gasteiger partial charge in [0.15, 0.2) is 0 Å². The first-order chi connectivity index (χ1) is 13.2. The zero-order valence-electron chi connectivity index (χ0n) is 14.6. The summed E-state index contributed by atoms with van der Waals surface area (Å²) >= 11 is 1.53. The van der Waals surface area contributed by atoms with Crippen molar-refractivity contribution in [1.82, 2.24) is 0 Å². The molecule has 0 aromatic heterocycles. The summed E-state index contributed by atoms with van der Waals surface area (Å²) in [6.07, 6.45) is 1.62. The molecular weight excluding hydrogens is 358 g/mol. The normalized spacial score (nSPS) is 13.1. The summed E-state index contributed by atoms with van der Waals surface area (Å²) in [5.74, 6) is 2.12. The minimum Gasteiger partial charge on any atom is -0.497 e. The van der Waals surface area contributed by atoms with Gasteiger partial charge in [-0.05, 0) is 48.0 Å². The zero-order valence-corrected chi connectivity index (χ0v) is 15.5. The number of carbonyl (C=O) groups is 1. The Morgan fingerprint density at radius 1 is 0.852 bits per heavy atom. The maximum atomic E-state index is 12.3. The number of anilines is 1. The molecule has 0 saturated carbocycles. The summed E-state index contributed by atoms with van der Waals surface area (Å²) in [5, 5.41) is 2.92. The van der Waals surface area contributed by atoms with Crippen LogP contribution in [0.1, 0.15) is 5.56 Å². The molecule has 3 aromatic rings. The quantitative estimate of drug-likeness (QED) is 0.647. The van der Waals surface area contributed by atoms with Crippen LogP contribution in [0.4, 0.5) is 5.69 Å². The van der Waals surface area contributed by atoms with E-state index in [0.717, 1.165) is 38.3 Å². The van der Waals surface area contributed by atoms with Crippen LogP contribution >= 0.6 is 11.8 Å². The molecule has 3 aromatic carbocycles. The van der Waals surface area contributed by atoms with E-state index in [4.69, 9.17) is 9.47 Å². The highest BCUT2D eigenvalue weighted by Crippen LogP contribution is 2.42. The maximum absolute atomic E-state index is 12.3. The van der Waals surface area contributed by atoms with Gasteiger partial charge in [-0.3, -0.25) is 4.79 Å². The molecule has 1 aliphatic rings. The number of carbonyl (C=O) groups excluding carboxylic acids is 1. The van der Waals surface area contributed by atoms with Crippen molar-refractivity contribution in [2.75, 3.05) is 12.4 Å². The van der Waals surface area contributed by atoms with Crippen molar-refractivity contribution in [2.45, 2.75) is 4.90 Å². The average molecular weight is 375 g/mol. The third-order valence-electron chi connectivity index (χ3n) is 4.05. The van der Waals surface area contributed by atoms with Gasteiger partial charge in [0.05, 0.1) is 12.8 Å². The van der Waals surface area contributed by atoms with Crippen LogP contribution in [-0.4, -0.2) is 13.0 Å². The lowest BCUT2D eigenvalue weighted by Crippen LogP contribution is -2.07. The zero-order chi connectivity index (χ0) is 18.6. The van der Waals surface area contributed by atoms with Crippen molar-refractivity contribution in [3.05, 3.63) is 84.4 Å². The summed E-state index contributed by atoms with van der Waals surface area (Å²) in [5.41, 5.74) is 1.73.